The molecule has 0 unspecified atom stereocenters. The predicted octanol–water partition coefficient (Wildman–Crippen LogP) is 4.83. The molecule has 0 fully saturated rings. The van der Waals surface area contributed by atoms with Gasteiger partial charge in [0.25, 0.3) is 11.8 Å². The van der Waals surface area contributed by atoms with E-state index in [-0.39, 0.29) is 23.1 Å². The number of carbonyl (C=O) groups is 3. The summed E-state index contributed by atoms with van der Waals surface area (Å²) >= 11 is 1.07. The highest BCUT2D eigenvalue weighted by atomic mass is 32.1. The Balaban J connectivity index is 1.81. The number of thiophene rings is 1. The molecule has 37 heavy (non-hydrogen) atoms. The topological polar surface area (TPSA) is 106 Å². The van der Waals surface area contributed by atoms with Crippen molar-refractivity contribution in [3.63, 3.8) is 0 Å². The van der Waals surface area contributed by atoms with E-state index in [2.05, 4.69) is 10.4 Å². The molecular weight excluding hydrogens is 490 g/mol. The Morgan fingerprint density at radius 3 is 2.54 bits per heavy atom. The van der Waals surface area contributed by atoms with Gasteiger partial charge in [0.1, 0.15) is 5.00 Å². The molecule has 0 saturated heterocycles. The molecule has 192 valence electrons. The Labute approximate surface area is 219 Å². The molecule has 1 N–H and O–H groups in total. The zero-order chi connectivity index (χ0) is 26.9. The van der Waals surface area contributed by atoms with Crippen LogP contribution in [0.3, 0.4) is 0 Å². The Morgan fingerprint density at radius 1 is 1.16 bits per heavy atom. The van der Waals surface area contributed by atoms with Crippen LogP contribution in [0.2, 0.25) is 0 Å². The van der Waals surface area contributed by atoms with Gasteiger partial charge in [-0.3, -0.25) is 14.3 Å². The highest BCUT2D eigenvalue weighted by molar-refractivity contribution is 7.18. The fourth-order valence-corrected chi connectivity index (χ4v) is 5.26. The van der Waals surface area contributed by atoms with Crippen LogP contribution in [0.5, 0.6) is 0 Å². The molecule has 0 saturated carbocycles. The van der Waals surface area contributed by atoms with Crippen molar-refractivity contribution in [3.05, 3.63) is 63.8 Å². The van der Waals surface area contributed by atoms with Crippen LogP contribution >= 0.6 is 11.3 Å². The van der Waals surface area contributed by atoms with Gasteiger partial charge >= 0.3 is 5.97 Å². The zero-order valence-corrected chi connectivity index (χ0v) is 22.5. The molecule has 3 aromatic heterocycles. The summed E-state index contributed by atoms with van der Waals surface area (Å²) < 4.78 is 7.08. The summed E-state index contributed by atoms with van der Waals surface area (Å²) in [4.78, 5) is 46.0. The van der Waals surface area contributed by atoms with Crippen LogP contribution in [-0.2, 0) is 11.8 Å². The minimum absolute atomic E-state index is 0.193. The van der Waals surface area contributed by atoms with Crippen LogP contribution in [0.1, 0.15) is 55.0 Å². The maximum atomic E-state index is 13.7. The zero-order valence-electron chi connectivity index (χ0n) is 21.7. The smallest absolute Gasteiger partial charge is 0.341 e. The molecule has 0 atom stereocenters. The van der Waals surface area contributed by atoms with Crippen molar-refractivity contribution in [2.75, 3.05) is 26.0 Å². The van der Waals surface area contributed by atoms with Crippen molar-refractivity contribution < 1.29 is 19.1 Å². The normalized spacial score (nSPS) is 11.0. The molecule has 4 rings (SSSR count). The number of amides is 2. The van der Waals surface area contributed by atoms with Crippen LogP contribution in [0.4, 0.5) is 5.00 Å². The third-order valence-corrected chi connectivity index (χ3v) is 7.06. The fraction of sp³-hybridized carbons (Fsp3) is 0.296. The van der Waals surface area contributed by atoms with E-state index >= 15 is 0 Å². The third kappa shape index (κ3) is 5.10. The van der Waals surface area contributed by atoms with Crippen molar-refractivity contribution in [2.24, 2.45) is 7.05 Å². The number of hydrogen-bond acceptors (Lipinski definition) is 7. The molecule has 2 amide bonds. The van der Waals surface area contributed by atoms with Gasteiger partial charge in [-0.2, -0.15) is 5.10 Å². The second-order valence-corrected chi connectivity index (χ2v) is 9.94. The number of para-hydroxylation sites is 1. The number of rotatable bonds is 7. The summed E-state index contributed by atoms with van der Waals surface area (Å²) in [6, 6.07) is 9.10. The van der Waals surface area contributed by atoms with Crippen LogP contribution in [-0.4, -0.2) is 58.2 Å². The van der Waals surface area contributed by atoms with Crippen LogP contribution in [0.25, 0.3) is 22.2 Å². The van der Waals surface area contributed by atoms with Crippen molar-refractivity contribution in [3.8, 4) is 11.3 Å². The minimum Gasteiger partial charge on any atom is -0.462 e. The Kier molecular flexibility index (Phi) is 7.40. The number of benzene rings is 1. The maximum absolute atomic E-state index is 13.7. The molecule has 0 spiro atoms. The number of aryl methyl sites for hydroxylation is 2. The van der Waals surface area contributed by atoms with E-state index in [1.54, 1.807) is 31.8 Å². The highest BCUT2D eigenvalue weighted by Gasteiger charge is 2.28. The van der Waals surface area contributed by atoms with E-state index < -0.39 is 11.9 Å². The van der Waals surface area contributed by atoms with Gasteiger partial charge in [-0.25, -0.2) is 9.78 Å². The first-order chi connectivity index (χ1) is 17.6. The van der Waals surface area contributed by atoms with E-state index in [0.717, 1.165) is 22.6 Å². The molecule has 0 radical (unpaired) electrons. The maximum Gasteiger partial charge on any atom is 0.341 e. The third-order valence-electron chi connectivity index (χ3n) is 5.87. The number of esters is 1. The van der Waals surface area contributed by atoms with E-state index in [1.807, 2.05) is 51.4 Å². The van der Waals surface area contributed by atoms with Crippen LogP contribution in [0, 0.1) is 13.8 Å². The number of nitrogens with one attached hydrogen (secondary N) is 1. The van der Waals surface area contributed by atoms with Gasteiger partial charge in [0.15, 0.2) is 0 Å². The van der Waals surface area contributed by atoms with Gasteiger partial charge in [0.2, 0.25) is 0 Å². The van der Waals surface area contributed by atoms with Crippen LogP contribution in [0.15, 0.2) is 36.5 Å². The summed E-state index contributed by atoms with van der Waals surface area (Å²) in [5, 5.41) is 8.23. The van der Waals surface area contributed by atoms with Crippen molar-refractivity contribution in [2.45, 2.75) is 27.2 Å². The monoisotopic (exact) mass is 519 g/mol. The standard InChI is InChI=1S/C27H29N5O4S/c1-7-12-36-27(35)22-15(2)23(26(34)31(4)5)37-25(22)29-24(33)18-13-21(19-14-32(6)30-16(19)3)28-20-11-9-8-10-17(18)20/h8-11,13-14H,7,12H2,1-6H3,(H,29,33). The van der Waals surface area contributed by atoms with Crippen molar-refractivity contribution in [1.82, 2.24) is 19.7 Å². The van der Waals surface area contributed by atoms with Gasteiger partial charge < -0.3 is 15.0 Å². The first-order valence-corrected chi connectivity index (χ1v) is 12.7. The van der Waals surface area contributed by atoms with E-state index in [9.17, 15) is 14.4 Å². The Morgan fingerprint density at radius 2 is 1.89 bits per heavy atom. The lowest BCUT2D eigenvalue weighted by Gasteiger charge is -2.11. The summed E-state index contributed by atoms with van der Waals surface area (Å²) in [5.41, 5.74) is 3.94. The fourth-order valence-electron chi connectivity index (χ4n) is 4.04. The SMILES string of the molecule is CCCOC(=O)c1c(NC(=O)c2cc(-c3cn(C)nc3C)nc3ccccc23)sc(C(=O)N(C)C)c1C. The van der Waals surface area contributed by atoms with Gasteiger partial charge in [-0.1, -0.05) is 25.1 Å². The number of carbonyl (C=O) groups excluding carboxylic acids is 3. The quantitative estimate of drug-likeness (QED) is 0.351. The first kappa shape index (κ1) is 26.0. The highest BCUT2D eigenvalue weighted by Crippen LogP contribution is 2.35. The van der Waals surface area contributed by atoms with Gasteiger partial charge in [0.05, 0.1) is 39.5 Å². The average molecular weight is 520 g/mol. The number of nitrogens with zero attached hydrogens (tertiary/aromatic N) is 4. The molecule has 0 bridgehead atoms. The van der Waals surface area contributed by atoms with Gasteiger partial charge in [-0.05, 0) is 38.0 Å². The summed E-state index contributed by atoms with van der Waals surface area (Å²) in [7, 11) is 5.11. The number of pyridine rings is 1. The molecular formula is C27H29N5O4S. The Hall–Kier alpha value is -4.05. The van der Waals surface area contributed by atoms with Crippen LogP contribution < -0.4 is 5.32 Å². The molecule has 0 aliphatic heterocycles. The average Bonchev–Trinajstić information content (AvgIpc) is 3.38. The van der Waals surface area contributed by atoms with Crippen molar-refractivity contribution >= 4 is 45.0 Å². The summed E-state index contributed by atoms with van der Waals surface area (Å²) in [6.45, 7) is 5.71. The van der Waals surface area contributed by atoms with E-state index in [1.165, 1.54) is 4.90 Å². The number of anilines is 1. The number of fused-ring (bicyclic) bond motifs is 1. The lowest BCUT2D eigenvalue weighted by molar-refractivity contribution is 0.0506. The Bertz CT molecular complexity index is 1520. The number of ether oxygens (including phenoxy) is 1. The molecule has 9 nitrogen and oxygen atoms in total. The van der Waals surface area contributed by atoms with Gasteiger partial charge in [0, 0.05) is 38.3 Å². The minimum atomic E-state index is -0.574. The van der Waals surface area contributed by atoms with Gasteiger partial charge in [-0.15, -0.1) is 11.3 Å². The molecule has 1 aromatic carbocycles. The van der Waals surface area contributed by atoms with Crippen molar-refractivity contribution in [1.29, 1.82) is 0 Å². The second-order valence-electron chi connectivity index (χ2n) is 8.92. The second kappa shape index (κ2) is 10.5. The summed E-state index contributed by atoms with van der Waals surface area (Å²) in [5.74, 6) is -1.25. The van der Waals surface area contributed by atoms with E-state index in [0.29, 0.717) is 39.0 Å². The number of hydrogen-bond donors (Lipinski definition) is 1. The molecule has 0 aliphatic rings. The predicted molar refractivity (Wildman–Crippen MR) is 144 cm³/mol. The molecule has 10 heteroatoms. The molecule has 0 aliphatic carbocycles. The number of aromatic nitrogens is 3. The first-order valence-electron chi connectivity index (χ1n) is 11.9. The molecule has 4 aromatic rings. The summed E-state index contributed by atoms with van der Waals surface area (Å²) in [6.07, 6.45) is 2.51. The lowest BCUT2D eigenvalue weighted by Crippen LogP contribution is -2.21. The molecule has 3 heterocycles. The largest absolute Gasteiger partial charge is 0.462 e. The lowest BCUT2D eigenvalue weighted by atomic mass is 10.0. The van der Waals surface area contributed by atoms with E-state index in [4.69, 9.17) is 9.72 Å².